The van der Waals surface area contributed by atoms with E-state index >= 15 is 0 Å². The highest BCUT2D eigenvalue weighted by molar-refractivity contribution is 7.98. The van der Waals surface area contributed by atoms with E-state index in [1.807, 2.05) is 6.26 Å². The van der Waals surface area contributed by atoms with E-state index in [9.17, 15) is 9.59 Å². The molecule has 88 valence electrons. The van der Waals surface area contributed by atoms with Crippen LogP contribution in [0.4, 0.5) is 4.79 Å². The van der Waals surface area contributed by atoms with Gasteiger partial charge in [0.15, 0.2) is 5.16 Å². The van der Waals surface area contributed by atoms with E-state index in [4.69, 9.17) is 0 Å². The van der Waals surface area contributed by atoms with E-state index in [0.29, 0.717) is 10.9 Å². The molecule has 1 heterocycles. The zero-order valence-electron chi connectivity index (χ0n) is 9.31. The van der Waals surface area contributed by atoms with Crippen LogP contribution < -0.4 is 10.9 Å². The highest BCUT2D eigenvalue weighted by Crippen LogP contribution is 2.08. The maximum Gasteiger partial charge on any atom is 0.408 e. The fraction of sp³-hybridized carbons (Fsp3) is 0.444. The van der Waals surface area contributed by atoms with Crippen molar-refractivity contribution >= 4 is 17.9 Å². The van der Waals surface area contributed by atoms with E-state index in [1.54, 1.807) is 6.92 Å². The molecule has 0 atom stereocenters. The van der Waals surface area contributed by atoms with Gasteiger partial charge in [-0.3, -0.25) is 9.36 Å². The number of nitrogens with one attached hydrogen (secondary N) is 1. The first-order valence-corrected chi connectivity index (χ1v) is 5.75. The van der Waals surface area contributed by atoms with Crippen molar-refractivity contribution < 1.29 is 9.53 Å². The molecule has 6 nitrogen and oxygen atoms in total. The second kappa shape index (κ2) is 5.55. The molecule has 0 unspecified atom stereocenters. The van der Waals surface area contributed by atoms with Crippen LogP contribution in [0.5, 0.6) is 0 Å². The first-order valence-electron chi connectivity index (χ1n) is 4.52. The summed E-state index contributed by atoms with van der Waals surface area (Å²) in [6, 6.07) is 1.42. The largest absolute Gasteiger partial charge is 0.453 e. The SMILES string of the molecule is COC(=O)NCn1c(SC)nc(C)cc1=O. The average molecular weight is 243 g/mol. The fourth-order valence-corrected chi connectivity index (χ4v) is 1.72. The van der Waals surface area contributed by atoms with Crippen molar-refractivity contribution in [2.24, 2.45) is 0 Å². The molecular formula is C9H13N3O3S. The normalized spacial score (nSPS) is 9.94. The fourth-order valence-electron chi connectivity index (χ4n) is 1.11. The van der Waals surface area contributed by atoms with Crippen LogP contribution in [0.3, 0.4) is 0 Å². The molecule has 16 heavy (non-hydrogen) atoms. The zero-order chi connectivity index (χ0) is 12.1. The van der Waals surface area contributed by atoms with E-state index in [1.165, 1.54) is 29.5 Å². The zero-order valence-corrected chi connectivity index (χ0v) is 10.1. The third kappa shape index (κ3) is 2.99. The van der Waals surface area contributed by atoms with Crippen molar-refractivity contribution in [1.29, 1.82) is 0 Å². The summed E-state index contributed by atoms with van der Waals surface area (Å²) in [5.41, 5.74) is 0.455. The number of ether oxygens (including phenoxy) is 1. The van der Waals surface area contributed by atoms with Crippen molar-refractivity contribution in [2.75, 3.05) is 13.4 Å². The summed E-state index contributed by atoms with van der Waals surface area (Å²) in [6.07, 6.45) is 1.23. The smallest absolute Gasteiger partial charge is 0.408 e. The Hall–Kier alpha value is -1.50. The molecule has 0 aromatic carbocycles. The van der Waals surface area contributed by atoms with Crippen LogP contribution in [-0.4, -0.2) is 29.0 Å². The standard InChI is InChI=1S/C9H13N3O3S/c1-6-4-7(13)12(8(11-6)16-3)5-10-9(14)15-2/h4H,5H2,1-3H3,(H,10,14). The molecule has 0 aliphatic heterocycles. The van der Waals surface area contributed by atoms with E-state index < -0.39 is 6.09 Å². The molecule has 0 radical (unpaired) electrons. The van der Waals surface area contributed by atoms with Crippen LogP contribution in [0.2, 0.25) is 0 Å². The Bertz CT molecular complexity index is 444. The van der Waals surface area contributed by atoms with Crippen molar-refractivity contribution in [3.63, 3.8) is 0 Å². The number of nitrogens with zero attached hydrogens (tertiary/aromatic N) is 2. The average Bonchev–Trinajstić information content (AvgIpc) is 2.26. The number of hydrogen-bond acceptors (Lipinski definition) is 5. The van der Waals surface area contributed by atoms with Crippen LogP contribution in [0.15, 0.2) is 16.0 Å². The first-order chi connectivity index (χ1) is 7.58. The van der Waals surface area contributed by atoms with Crippen LogP contribution in [0.1, 0.15) is 5.69 Å². The Morgan fingerprint density at radius 2 is 2.38 bits per heavy atom. The molecule has 1 aromatic heterocycles. The number of alkyl carbamates (subject to hydrolysis) is 1. The quantitative estimate of drug-likeness (QED) is 0.621. The van der Waals surface area contributed by atoms with Gasteiger partial charge in [-0.25, -0.2) is 9.78 Å². The van der Waals surface area contributed by atoms with Gasteiger partial charge >= 0.3 is 6.09 Å². The van der Waals surface area contributed by atoms with Crippen molar-refractivity contribution in [3.8, 4) is 0 Å². The Labute approximate surface area is 97.0 Å². The predicted octanol–water partition coefficient (Wildman–Crippen LogP) is 0.587. The summed E-state index contributed by atoms with van der Waals surface area (Å²) in [4.78, 5) is 26.7. The van der Waals surface area contributed by atoms with Gasteiger partial charge in [-0.15, -0.1) is 0 Å². The number of amides is 1. The minimum Gasteiger partial charge on any atom is -0.453 e. The highest BCUT2D eigenvalue weighted by atomic mass is 32.2. The number of aryl methyl sites for hydroxylation is 1. The summed E-state index contributed by atoms with van der Waals surface area (Å²) in [6.45, 7) is 1.80. The van der Waals surface area contributed by atoms with Crippen LogP contribution in [-0.2, 0) is 11.4 Å². The molecule has 0 saturated heterocycles. The molecule has 0 spiro atoms. The summed E-state index contributed by atoms with van der Waals surface area (Å²) >= 11 is 1.34. The van der Waals surface area contributed by atoms with Crippen LogP contribution in [0.25, 0.3) is 0 Å². The van der Waals surface area contributed by atoms with Crippen LogP contribution >= 0.6 is 11.8 Å². The van der Waals surface area contributed by atoms with Gasteiger partial charge in [0.2, 0.25) is 0 Å². The molecule has 7 heteroatoms. The summed E-state index contributed by atoms with van der Waals surface area (Å²) in [5.74, 6) is 0. The minimum absolute atomic E-state index is 0.0506. The van der Waals surface area contributed by atoms with Gasteiger partial charge in [0.05, 0.1) is 7.11 Å². The summed E-state index contributed by atoms with van der Waals surface area (Å²) in [7, 11) is 1.26. The lowest BCUT2D eigenvalue weighted by atomic mass is 10.4. The van der Waals surface area contributed by atoms with E-state index in [0.717, 1.165) is 0 Å². The molecular weight excluding hydrogens is 230 g/mol. The lowest BCUT2D eigenvalue weighted by Gasteiger charge is -2.10. The monoisotopic (exact) mass is 243 g/mol. The molecule has 1 amide bonds. The Morgan fingerprint density at radius 1 is 1.69 bits per heavy atom. The number of carbonyl (C=O) groups excluding carboxylic acids is 1. The highest BCUT2D eigenvalue weighted by Gasteiger charge is 2.07. The Kier molecular flexibility index (Phi) is 4.36. The second-order valence-electron chi connectivity index (χ2n) is 2.98. The van der Waals surface area contributed by atoms with Crippen molar-refractivity contribution in [1.82, 2.24) is 14.9 Å². The topological polar surface area (TPSA) is 73.2 Å². The molecule has 1 aromatic rings. The van der Waals surface area contributed by atoms with Gasteiger partial charge in [-0.1, -0.05) is 11.8 Å². The van der Waals surface area contributed by atoms with Gasteiger partial charge in [0.25, 0.3) is 5.56 Å². The number of carbonyl (C=O) groups is 1. The Morgan fingerprint density at radius 3 is 2.94 bits per heavy atom. The van der Waals surface area contributed by atoms with Crippen molar-refractivity contribution in [3.05, 3.63) is 22.1 Å². The summed E-state index contributed by atoms with van der Waals surface area (Å²) in [5, 5.41) is 2.99. The minimum atomic E-state index is -0.584. The molecule has 0 aliphatic rings. The lowest BCUT2D eigenvalue weighted by molar-refractivity contribution is 0.167. The third-order valence-electron chi connectivity index (χ3n) is 1.85. The molecule has 0 saturated carbocycles. The predicted molar refractivity (Wildman–Crippen MR) is 60.6 cm³/mol. The number of aromatic nitrogens is 2. The molecule has 1 rings (SSSR count). The molecule has 1 N–H and O–H groups in total. The van der Waals surface area contributed by atoms with Gasteiger partial charge in [0.1, 0.15) is 6.67 Å². The van der Waals surface area contributed by atoms with Gasteiger partial charge in [0, 0.05) is 11.8 Å². The number of methoxy groups -OCH3 is 1. The van der Waals surface area contributed by atoms with E-state index in [-0.39, 0.29) is 12.2 Å². The number of rotatable bonds is 3. The molecule has 0 fully saturated rings. The molecule has 0 aliphatic carbocycles. The van der Waals surface area contributed by atoms with Crippen molar-refractivity contribution in [2.45, 2.75) is 18.7 Å². The van der Waals surface area contributed by atoms with E-state index in [2.05, 4.69) is 15.0 Å². The maximum absolute atomic E-state index is 11.6. The summed E-state index contributed by atoms with van der Waals surface area (Å²) < 4.78 is 5.79. The number of thioether (sulfide) groups is 1. The van der Waals surface area contributed by atoms with Gasteiger partial charge < -0.3 is 10.1 Å². The number of hydrogen-bond donors (Lipinski definition) is 1. The lowest BCUT2D eigenvalue weighted by Crippen LogP contribution is -2.33. The van der Waals surface area contributed by atoms with Gasteiger partial charge in [-0.05, 0) is 13.2 Å². The second-order valence-corrected chi connectivity index (χ2v) is 3.75. The third-order valence-corrected chi connectivity index (χ3v) is 2.53. The maximum atomic E-state index is 11.6. The Balaban J connectivity index is 2.94. The molecule has 0 bridgehead atoms. The van der Waals surface area contributed by atoms with Crippen LogP contribution in [0, 0.1) is 6.92 Å². The van der Waals surface area contributed by atoms with Gasteiger partial charge in [-0.2, -0.15) is 0 Å². The first kappa shape index (κ1) is 12.6.